The number of thioether (sulfide) groups is 1. The second-order valence-electron chi connectivity index (χ2n) is 7.45. The quantitative estimate of drug-likeness (QED) is 0.757. The zero-order valence-electron chi connectivity index (χ0n) is 15.9. The van der Waals surface area contributed by atoms with E-state index in [4.69, 9.17) is 11.5 Å². The number of primary amides is 1. The molecule has 0 saturated heterocycles. The van der Waals surface area contributed by atoms with Gasteiger partial charge in [-0.3, -0.25) is 9.59 Å². The summed E-state index contributed by atoms with van der Waals surface area (Å²) in [4.78, 5) is 29.3. The maximum Gasteiger partial charge on any atom is 0.228 e. The average molecular weight is 397 g/mol. The Morgan fingerprint density at radius 2 is 1.89 bits per heavy atom. The van der Waals surface area contributed by atoms with Crippen LogP contribution in [0.3, 0.4) is 0 Å². The molecular formula is C21H24N4O2S. The molecule has 7 heteroatoms. The number of rotatable bonds is 4. The van der Waals surface area contributed by atoms with E-state index in [1.54, 1.807) is 12.1 Å². The molecule has 0 bridgehead atoms. The highest BCUT2D eigenvalue weighted by atomic mass is 32.2. The van der Waals surface area contributed by atoms with Gasteiger partial charge in [-0.05, 0) is 19.8 Å². The molecule has 1 aliphatic carbocycles. The van der Waals surface area contributed by atoms with E-state index in [1.165, 1.54) is 11.8 Å². The van der Waals surface area contributed by atoms with Crippen LogP contribution in [0.4, 0.5) is 0 Å². The van der Waals surface area contributed by atoms with Crippen LogP contribution in [-0.2, 0) is 4.79 Å². The fourth-order valence-electron chi connectivity index (χ4n) is 4.24. The molecule has 0 unspecified atom stereocenters. The van der Waals surface area contributed by atoms with Crippen LogP contribution in [-0.4, -0.2) is 22.5 Å². The van der Waals surface area contributed by atoms with E-state index in [0.717, 1.165) is 24.8 Å². The van der Waals surface area contributed by atoms with E-state index in [2.05, 4.69) is 11.1 Å². The van der Waals surface area contributed by atoms with E-state index in [9.17, 15) is 14.9 Å². The molecule has 0 radical (unpaired) electrons. The van der Waals surface area contributed by atoms with Gasteiger partial charge in [0, 0.05) is 11.0 Å². The number of nitrogens with zero attached hydrogens (tertiary/aromatic N) is 2. The SMILES string of the molecule is Cc1ccc(C(=O)CSC2=NC(N)=C(C#N)C3(CCCCC3)[C@H]2C(N)=O)cc1. The first-order valence-corrected chi connectivity index (χ1v) is 10.4. The Bertz CT molecular complexity index is 890. The predicted octanol–water partition coefficient (Wildman–Crippen LogP) is 3.07. The first-order valence-electron chi connectivity index (χ1n) is 9.40. The number of hydrogen-bond donors (Lipinski definition) is 2. The van der Waals surface area contributed by atoms with Crippen molar-refractivity contribution in [1.82, 2.24) is 0 Å². The molecule has 1 spiro atoms. The molecule has 1 aromatic rings. The molecular weight excluding hydrogens is 372 g/mol. The van der Waals surface area contributed by atoms with Crippen LogP contribution in [0.25, 0.3) is 0 Å². The van der Waals surface area contributed by atoms with Gasteiger partial charge in [-0.15, -0.1) is 11.8 Å². The summed E-state index contributed by atoms with van der Waals surface area (Å²) in [5.41, 5.74) is 13.2. The second kappa shape index (κ2) is 8.19. The summed E-state index contributed by atoms with van der Waals surface area (Å²) in [6.45, 7) is 1.96. The fourth-order valence-corrected chi connectivity index (χ4v) is 5.35. The van der Waals surface area contributed by atoms with Crippen LogP contribution in [0.15, 0.2) is 40.7 Å². The lowest BCUT2D eigenvalue weighted by molar-refractivity contribution is -0.123. The smallest absolute Gasteiger partial charge is 0.228 e. The number of carbonyl (C=O) groups is 2. The summed E-state index contributed by atoms with van der Waals surface area (Å²) >= 11 is 1.20. The fraction of sp³-hybridized carbons (Fsp3) is 0.429. The zero-order chi connectivity index (χ0) is 20.3. The van der Waals surface area contributed by atoms with Crippen molar-refractivity contribution in [3.05, 3.63) is 46.8 Å². The van der Waals surface area contributed by atoms with Gasteiger partial charge in [-0.2, -0.15) is 5.26 Å². The topological polar surface area (TPSA) is 122 Å². The highest BCUT2D eigenvalue weighted by Gasteiger charge is 2.51. The lowest BCUT2D eigenvalue weighted by Gasteiger charge is -2.44. The summed E-state index contributed by atoms with van der Waals surface area (Å²) in [7, 11) is 0. The van der Waals surface area contributed by atoms with E-state index < -0.39 is 17.2 Å². The number of ketones is 1. The Morgan fingerprint density at radius 3 is 2.46 bits per heavy atom. The summed E-state index contributed by atoms with van der Waals surface area (Å²) in [6.07, 6.45) is 4.22. The number of amides is 1. The maximum absolute atomic E-state index is 12.6. The van der Waals surface area contributed by atoms with E-state index in [1.807, 2.05) is 19.1 Å². The molecule has 146 valence electrons. The molecule has 1 amide bonds. The monoisotopic (exact) mass is 396 g/mol. The number of aliphatic imine (C=N–C) groups is 1. The third kappa shape index (κ3) is 3.69. The molecule has 0 aromatic heterocycles. The third-order valence-electron chi connectivity index (χ3n) is 5.65. The zero-order valence-corrected chi connectivity index (χ0v) is 16.7. The van der Waals surface area contributed by atoms with Crippen molar-refractivity contribution >= 4 is 28.5 Å². The minimum absolute atomic E-state index is 0.0535. The van der Waals surface area contributed by atoms with Crippen LogP contribution in [0.2, 0.25) is 0 Å². The molecule has 6 nitrogen and oxygen atoms in total. The van der Waals surface area contributed by atoms with Crippen LogP contribution < -0.4 is 11.5 Å². The van der Waals surface area contributed by atoms with Crippen LogP contribution in [0.1, 0.15) is 48.0 Å². The average Bonchev–Trinajstić information content (AvgIpc) is 2.67. The van der Waals surface area contributed by atoms with Crippen molar-refractivity contribution < 1.29 is 9.59 Å². The van der Waals surface area contributed by atoms with Gasteiger partial charge < -0.3 is 11.5 Å². The van der Waals surface area contributed by atoms with E-state index >= 15 is 0 Å². The van der Waals surface area contributed by atoms with Crippen LogP contribution in [0.5, 0.6) is 0 Å². The van der Waals surface area contributed by atoms with Crippen LogP contribution >= 0.6 is 11.8 Å². The summed E-state index contributed by atoms with van der Waals surface area (Å²) < 4.78 is 0. The Labute approximate surface area is 169 Å². The molecule has 1 saturated carbocycles. The molecule has 1 atom stereocenters. The number of benzene rings is 1. The molecule has 28 heavy (non-hydrogen) atoms. The summed E-state index contributed by atoms with van der Waals surface area (Å²) in [5, 5.41) is 10.1. The lowest BCUT2D eigenvalue weighted by Crippen LogP contribution is -2.48. The Hall–Kier alpha value is -2.59. The number of allylic oxidation sites excluding steroid dienone is 1. The number of Topliss-reactive ketones (excluding diaryl/α,β-unsaturated/α-hetero) is 1. The minimum Gasteiger partial charge on any atom is -0.383 e. The third-order valence-corrected chi connectivity index (χ3v) is 6.68. The normalized spacial score (nSPS) is 21.1. The van der Waals surface area contributed by atoms with Crippen molar-refractivity contribution in [2.75, 3.05) is 5.75 Å². The predicted molar refractivity (Wildman–Crippen MR) is 110 cm³/mol. The van der Waals surface area contributed by atoms with E-state index in [0.29, 0.717) is 29.0 Å². The largest absolute Gasteiger partial charge is 0.383 e. The lowest BCUT2D eigenvalue weighted by atomic mass is 9.61. The number of aryl methyl sites for hydroxylation is 1. The number of nitriles is 1. The Kier molecular flexibility index (Phi) is 5.90. The Balaban J connectivity index is 1.89. The van der Waals surface area contributed by atoms with Crippen molar-refractivity contribution in [2.45, 2.75) is 39.0 Å². The van der Waals surface area contributed by atoms with Gasteiger partial charge in [0.1, 0.15) is 5.82 Å². The van der Waals surface area contributed by atoms with Crippen molar-refractivity contribution in [3.63, 3.8) is 0 Å². The summed E-state index contributed by atoms with van der Waals surface area (Å²) in [5.74, 6) is -1.01. The van der Waals surface area contributed by atoms with Crippen molar-refractivity contribution in [1.29, 1.82) is 5.26 Å². The van der Waals surface area contributed by atoms with Gasteiger partial charge in [0.15, 0.2) is 5.78 Å². The van der Waals surface area contributed by atoms with Crippen molar-refractivity contribution in [3.8, 4) is 6.07 Å². The molecule has 1 aliphatic heterocycles. The second-order valence-corrected chi connectivity index (χ2v) is 8.45. The van der Waals surface area contributed by atoms with Gasteiger partial charge >= 0.3 is 0 Å². The Morgan fingerprint density at radius 1 is 1.25 bits per heavy atom. The number of nitrogens with two attached hydrogens (primary N) is 2. The number of hydrogen-bond acceptors (Lipinski definition) is 6. The van der Waals surface area contributed by atoms with Gasteiger partial charge in [-0.25, -0.2) is 4.99 Å². The first-order chi connectivity index (χ1) is 13.4. The maximum atomic E-state index is 12.6. The van der Waals surface area contributed by atoms with Gasteiger partial charge in [0.05, 0.1) is 28.4 Å². The first kappa shape index (κ1) is 20.2. The van der Waals surface area contributed by atoms with E-state index in [-0.39, 0.29) is 17.4 Å². The molecule has 1 heterocycles. The van der Waals surface area contributed by atoms with Gasteiger partial charge in [0.25, 0.3) is 0 Å². The molecule has 1 fully saturated rings. The molecule has 1 aromatic carbocycles. The van der Waals surface area contributed by atoms with Gasteiger partial charge in [0.2, 0.25) is 5.91 Å². The molecule has 4 N–H and O–H groups in total. The highest BCUT2D eigenvalue weighted by Crippen LogP contribution is 2.52. The summed E-state index contributed by atoms with van der Waals surface area (Å²) in [6, 6.07) is 9.53. The molecule has 3 rings (SSSR count). The van der Waals surface area contributed by atoms with Crippen LogP contribution in [0, 0.1) is 29.6 Å². The molecule has 2 aliphatic rings. The number of carbonyl (C=O) groups excluding carboxylic acids is 2. The minimum atomic E-state index is -0.717. The standard InChI is InChI=1S/C21H24N4O2S/c1-13-5-7-14(8-6-13)16(26)12-28-20-17(19(24)27)21(9-3-2-4-10-21)15(11-22)18(23)25-20/h5-8,17H,2-4,9-10,12,23H2,1H3,(H2,24,27)/t17-/m0/s1. The van der Waals surface area contributed by atoms with Gasteiger partial charge in [-0.1, -0.05) is 49.1 Å². The van der Waals surface area contributed by atoms with Crippen molar-refractivity contribution in [2.24, 2.45) is 27.8 Å². The highest BCUT2D eigenvalue weighted by molar-refractivity contribution is 8.14.